The zero-order chi connectivity index (χ0) is 17.7. The average Bonchev–Trinajstić information content (AvgIpc) is 2.61. The van der Waals surface area contributed by atoms with Crippen molar-refractivity contribution in [3.8, 4) is 5.75 Å². The largest absolute Gasteiger partial charge is 0.497 e. The van der Waals surface area contributed by atoms with Crippen LogP contribution in [-0.4, -0.2) is 42.8 Å². The number of benzene rings is 1. The molecule has 3 N–H and O–H groups in total. The van der Waals surface area contributed by atoms with E-state index in [-0.39, 0.29) is 17.9 Å². The van der Waals surface area contributed by atoms with Crippen molar-refractivity contribution in [2.75, 3.05) is 20.2 Å². The minimum Gasteiger partial charge on any atom is -0.497 e. The fourth-order valence-electron chi connectivity index (χ4n) is 2.75. The predicted molar refractivity (Wildman–Crippen MR) is 88.1 cm³/mol. The van der Waals surface area contributed by atoms with Gasteiger partial charge in [-0.05, 0) is 37.5 Å². The van der Waals surface area contributed by atoms with Gasteiger partial charge in [-0.25, -0.2) is 0 Å². The van der Waals surface area contributed by atoms with E-state index >= 15 is 0 Å². The molecule has 0 aromatic heterocycles. The van der Waals surface area contributed by atoms with Crippen LogP contribution in [0, 0.1) is 5.92 Å². The number of amides is 3. The number of carbonyl (C=O) groups excluding carboxylic acids is 3. The third kappa shape index (κ3) is 4.24. The van der Waals surface area contributed by atoms with Crippen LogP contribution in [0.2, 0.25) is 0 Å². The van der Waals surface area contributed by atoms with Crippen LogP contribution < -0.4 is 15.8 Å². The third-order valence-electron chi connectivity index (χ3n) is 4.34. The number of hydrogen-bond donors (Lipinski definition) is 2. The van der Waals surface area contributed by atoms with E-state index in [9.17, 15) is 14.4 Å². The lowest BCUT2D eigenvalue weighted by Crippen LogP contribution is -2.48. The highest BCUT2D eigenvalue weighted by Gasteiger charge is 2.29. The number of carbonyl (C=O) groups is 3. The molecule has 1 saturated heterocycles. The Morgan fingerprint density at radius 3 is 2.29 bits per heavy atom. The van der Waals surface area contributed by atoms with E-state index in [2.05, 4.69) is 5.32 Å². The van der Waals surface area contributed by atoms with E-state index in [1.807, 2.05) is 19.1 Å². The van der Waals surface area contributed by atoms with Crippen LogP contribution in [0.3, 0.4) is 0 Å². The summed E-state index contributed by atoms with van der Waals surface area (Å²) in [6.45, 7) is 2.56. The molecule has 0 bridgehead atoms. The molecular formula is C17H23N3O4. The first-order valence-corrected chi connectivity index (χ1v) is 7.95. The Balaban J connectivity index is 1.89. The van der Waals surface area contributed by atoms with Crippen LogP contribution >= 0.6 is 0 Å². The molecule has 1 atom stereocenters. The lowest BCUT2D eigenvalue weighted by Gasteiger charge is -2.30. The van der Waals surface area contributed by atoms with Gasteiger partial charge < -0.3 is 20.7 Å². The van der Waals surface area contributed by atoms with Crippen molar-refractivity contribution in [2.24, 2.45) is 11.7 Å². The van der Waals surface area contributed by atoms with Gasteiger partial charge in [0.2, 0.25) is 5.91 Å². The molecule has 0 aliphatic carbocycles. The lowest BCUT2D eigenvalue weighted by molar-refractivity contribution is -0.147. The Hall–Kier alpha value is -2.57. The number of rotatable bonds is 4. The highest BCUT2D eigenvalue weighted by Crippen LogP contribution is 2.19. The van der Waals surface area contributed by atoms with E-state index in [0.717, 1.165) is 11.3 Å². The molecule has 2 rings (SSSR count). The second-order valence-corrected chi connectivity index (χ2v) is 5.94. The Morgan fingerprint density at radius 1 is 1.21 bits per heavy atom. The van der Waals surface area contributed by atoms with Gasteiger partial charge >= 0.3 is 11.8 Å². The predicted octanol–water partition coefficient (Wildman–Crippen LogP) is 0.596. The Bertz CT molecular complexity index is 607. The molecule has 7 nitrogen and oxygen atoms in total. The number of nitrogens with two attached hydrogens (primary N) is 1. The van der Waals surface area contributed by atoms with Crippen molar-refractivity contribution >= 4 is 17.7 Å². The average molecular weight is 333 g/mol. The number of methoxy groups -OCH3 is 1. The molecule has 130 valence electrons. The van der Waals surface area contributed by atoms with Crippen LogP contribution in [0.5, 0.6) is 5.75 Å². The van der Waals surface area contributed by atoms with Gasteiger partial charge in [-0.15, -0.1) is 0 Å². The number of nitrogens with zero attached hydrogens (tertiary/aromatic N) is 1. The summed E-state index contributed by atoms with van der Waals surface area (Å²) in [5.41, 5.74) is 6.15. The SMILES string of the molecule is COc1ccc(C(C)NC(=O)C(=O)N2CCC(C(N)=O)CC2)cc1. The smallest absolute Gasteiger partial charge is 0.311 e. The van der Waals surface area contributed by atoms with E-state index in [0.29, 0.717) is 25.9 Å². The van der Waals surface area contributed by atoms with Crippen molar-refractivity contribution in [1.82, 2.24) is 10.2 Å². The summed E-state index contributed by atoms with van der Waals surface area (Å²) < 4.78 is 5.09. The summed E-state index contributed by atoms with van der Waals surface area (Å²) in [6, 6.07) is 6.98. The van der Waals surface area contributed by atoms with Crippen LogP contribution in [0.15, 0.2) is 24.3 Å². The third-order valence-corrected chi connectivity index (χ3v) is 4.34. The minimum absolute atomic E-state index is 0.213. The van der Waals surface area contributed by atoms with Gasteiger partial charge in [0.25, 0.3) is 0 Å². The molecule has 7 heteroatoms. The van der Waals surface area contributed by atoms with Crippen LogP contribution in [0.1, 0.15) is 31.4 Å². The van der Waals surface area contributed by atoms with E-state index in [1.165, 1.54) is 4.90 Å². The quantitative estimate of drug-likeness (QED) is 0.788. The number of nitrogens with one attached hydrogen (secondary N) is 1. The van der Waals surface area contributed by atoms with Crippen LogP contribution in [0.25, 0.3) is 0 Å². The van der Waals surface area contributed by atoms with Gasteiger partial charge in [0.15, 0.2) is 0 Å². The molecule has 1 heterocycles. The first-order valence-electron chi connectivity index (χ1n) is 7.95. The second-order valence-electron chi connectivity index (χ2n) is 5.94. The number of hydrogen-bond acceptors (Lipinski definition) is 4. The highest BCUT2D eigenvalue weighted by molar-refractivity contribution is 6.35. The maximum absolute atomic E-state index is 12.2. The molecule has 0 radical (unpaired) electrons. The molecule has 1 fully saturated rings. The molecule has 1 aromatic rings. The molecule has 1 aliphatic rings. The zero-order valence-corrected chi connectivity index (χ0v) is 14.0. The Labute approximate surface area is 141 Å². The van der Waals surface area contributed by atoms with Gasteiger partial charge in [-0.1, -0.05) is 12.1 Å². The van der Waals surface area contributed by atoms with Crippen LogP contribution in [0.4, 0.5) is 0 Å². The van der Waals surface area contributed by atoms with Crippen molar-refractivity contribution in [1.29, 1.82) is 0 Å². The highest BCUT2D eigenvalue weighted by atomic mass is 16.5. The number of piperidine rings is 1. The van der Waals surface area contributed by atoms with E-state index in [1.54, 1.807) is 19.2 Å². The summed E-state index contributed by atoms with van der Waals surface area (Å²) >= 11 is 0. The van der Waals surface area contributed by atoms with Gasteiger partial charge in [-0.3, -0.25) is 14.4 Å². The normalized spacial score (nSPS) is 16.3. The Kier molecular flexibility index (Phi) is 5.78. The standard InChI is InChI=1S/C17H23N3O4/c1-11(12-3-5-14(24-2)6-4-12)19-16(22)17(23)20-9-7-13(8-10-20)15(18)21/h3-6,11,13H,7-10H2,1-2H3,(H2,18,21)(H,19,22). The molecule has 3 amide bonds. The topological polar surface area (TPSA) is 102 Å². The first kappa shape index (κ1) is 17.8. The monoisotopic (exact) mass is 333 g/mol. The summed E-state index contributed by atoms with van der Waals surface area (Å²) in [7, 11) is 1.58. The summed E-state index contributed by atoms with van der Waals surface area (Å²) in [5.74, 6) is -1.05. The second kappa shape index (κ2) is 7.81. The Morgan fingerprint density at radius 2 is 1.79 bits per heavy atom. The minimum atomic E-state index is -0.643. The maximum atomic E-state index is 12.2. The van der Waals surface area contributed by atoms with E-state index < -0.39 is 11.8 Å². The fraction of sp³-hybridized carbons (Fsp3) is 0.471. The number of primary amides is 1. The molecular weight excluding hydrogens is 310 g/mol. The van der Waals surface area contributed by atoms with Crippen molar-refractivity contribution in [3.05, 3.63) is 29.8 Å². The number of likely N-dealkylation sites (tertiary alicyclic amines) is 1. The number of ether oxygens (including phenoxy) is 1. The molecule has 1 aromatic carbocycles. The van der Waals surface area contributed by atoms with Crippen LogP contribution in [-0.2, 0) is 14.4 Å². The summed E-state index contributed by atoms with van der Waals surface area (Å²) in [4.78, 5) is 37.0. The molecule has 24 heavy (non-hydrogen) atoms. The fourth-order valence-corrected chi connectivity index (χ4v) is 2.75. The van der Waals surface area contributed by atoms with E-state index in [4.69, 9.17) is 10.5 Å². The summed E-state index contributed by atoms with van der Waals surface area (Å²) in [6.07, 6.45) is 1.00. The lowest BCUT2D eigenvalue weighted by atomic mass is 9.96. The first-order chi connectivity index (χ1) is 11.4. The van der Waals surface area contributed by atoms with Gasteiger partial charge in [-0.2, -0.15) is 0 Å². The van der Waals surface area contributed by atoms with Gasteiger partial charge in [0.05, 0.1) is 13.2 Å². The molecule has 0 spiro atoms. The van der Waals surface area contributed by atoms with Crippen molar-refractivity contribution in [2.45, 2.75) is 25.8 Å². The van der Waals surface area contributed by atoms with Gasteiger partial charge in [0.1, 0.15) is 5.75 Å². The van der Waals surface area contributed by atoms with Crippen molar-refractivity contribution < 1.29 is 19.1 Å². The zero-order valence-electron chi connectivity index (χ0n) is 14.0. The maximum Gasteiger partial charge on any atom is 0.311 e. The van der Waals surface area contributed by atoms with Gasteiger partial charge in [0, 0.05) is 19.0 Å². The van der Waals surface area contributed by atoms with Crippen molar-refractivity contribution in [3.63, 3.8) is 0 Å². The summed E-state index contributed by atoms with van der Waals surface area (Å²) in [5, 5.41) is 2.70. The molecule has 1 aliphatic heterocycles. The molecule has 0 saturated carbocycles. The molecule has 1 unspecified atom stereocenters.